The second kappa shape index (κ2) is 9.37. The molecule has 0 aromatic rings. The van der Waals surface area contributed by atoms with E-state index in [2.05, 4.69) is 8.37 Å². The molecule has 0 aromatic heterocycles. The number of hydrogen-bond donors (Lipinski definition) is 0. The summed E-state index contributed by atoms with van der Waals surface area (Å²) in [6.45, 7) is 1.92. The summed E-state index contributed by atoms with van der Waals surface area (Å²) in [5, 5.41) is 0. The molecule has 0 aliphatic rings. The number of hydrogen-bond acceptors (Lipinski definition) is 6. The smallest absolute Gasteiger partial charge is 0.230 e. The largest absolute Gasteiger partial charge is 0.523 e. The highest BCUT2D eigenvalue weighted by atomic mass is 32.2. The normalized spacial score (nSPS) is 14.2. The first-order valence-corrected chi connectivity index (χ1v) is 9.95. The van der Waals surface area contributed by atoms with Crippen LogP contribution in [0.4, 0.5) is 26.3 Å². The van der Waals surface area contributed by atoms with E-state index in [9.17, 15) is 43.2 Å². The molecular weight excluding hydrogens is 406 g/mol. The zero-order valence-electron chi connectivity index (χ0n) is 13.1. The van der Waals surface area contributed by atoms with Crippen LogP contribution in [0.3, 0.4) is 0 Å². The molecule has 14 heteroatoms. The standard InChI is InChI=1S/C11H18F6O6S2/c1-2-3-4-5-6-7-8-9(22-24(18,19)10(12,13)14)23-25(20,21)11(15,16)17/h9H,2-8H2,1H3. The lowest BCUT2D eigenvalue weighted by Gasteiger charge is -2.19. The highest BCUT2D eigenvalue weighted by molar-refractivity contribution is 7.88. The quantitative estimate of drug-likeness (QED) is 0.165. The molecule has 0 aliphatic heterocycles. The van der Waals surface area contributed by atoms with Crippen LogP contribution in [0.2, 0.25) is 0 Å². The van der Waals surface area contributed by atoms with E-state index in [0.717, 1.165) is 19.3 Å². The molecule has 0 bridgehead atoms. The van der Waals surface area contributed by atoms with Gasteiger partial charge in [0.2, 0.25) is 0 Å². The third-order valence-electron chi connectivity index (χ3n) is 2.83. The van der Waals surface area contributed by atoms with Crippen molar-refractivity contribution in [3.63, 3.8) is 0 Å². The molecule has 0 atom stereocenters. The van der Waals surface area contributed by atoms with Gasteiger partial charge >= 0.3 is 31.3 Å². The first-order valence-electron chi connectivity index (χ1n) is 7.13. The lowest BCUT2D eigenvalue weighted by atomic mass is 10.1. The van der Waals surface area contributed by atoms with Crippen LogP contribution in [0.5, 0.6) is 0 Å². The fourth-order valence-electron chi connectivity index (χ4n) is 1.60. The Balaban J connectivity index is 5.02. The minimum absolute atomic E-state index is 0.0882. The summed E-state index contributed by atoms with van der Waals surface area (Å²) in [7, 11) is -12.6. The van der Waals surface area contributed by atoms with E-state index in [1.807, 2.05) is 6.92 Å². The predicted octanol–water partition coefficient (Wildman–Crippen LogP) is 3.80. The van der Waals surface area contributed by atoms with Crippen molar-refractivity contribution in [3.05, 3.63) is 0 Å². The monoisotopic (exact) mass is 424 g/mol. The molecule has 0 amide bonds. The first kappa shape index (κ1) is 24.4. The van der Waals surface area contributed by atoms with Gasteiger partial charge in [-0.15, -0.1) is 0 Å². The fraction of sp³-hybridized carbons (Fsp3) is 1.00. The van der Waals surface area contributed by atoms with Crippen molar-refractivity contribution in [2.24, 2.45) is 0 Å². The molecule has 0 spiro atoms. The van der Waals surface area contributed by atoms with Crippen LogP contribution in [-0.4, -0.2) is 34.1 Å². The molecule has 0 rings (SSSR count). The Bertz CT molecular complexity index is 550. The van der Waals surface area contributed by atoms with Crippen molar-refractivity contribution in [1.82, 2.24) is 0 Å². The molecule has 0 saturated heterocycles. The summed E-state index contributed by atoms with van der Waals surface area (Å²) in [4.78, 5) is 0. The number of halogens is 6. The summed E-state index contributed by atoms with van der Waals surface area (Å²) in [6, 6.07) is 0. The molecular formula is C11H18F6O6S2. The van der Waals surface area contributed by atoms with Crippen LogP contribution in [0.15, 0.2) is 0 Å². The molecule has 0 aromatic carbocycles. The van der Waals surface area contributed by atoms with Gasteiger partial charge in [0.1, 0.15) is 0 Å². The molecule has 152 valence electrons. The fourth-order valence-corrected chi connectivity index (χ4v) is 2.70. The molecule has 0 heterocycles. The van der Waals surface area contributed by atoms with Crippen LogP contribution < -0.4 is 0 Å². The Labute approximate surface area is 141 Å². The molecule has 0 N–H and O–H groups in total. The third kappa shape index (κ3) is 8.55. The SMILES string of the molecule is CCCCCCCCC(OS(=O)(=O)C(F)(F)F)OS(=O)(=O)C(F)(F)F. The highest BCUT2D eigenvalue weighted by Gasteiger charge is 2.52. The zero-order valence-corrected chi connectivity index (χ0v) is 14.7. The Kier molecular flexibility index (Phi) is 9.14. The maximum Gasteiger partial charge on any atom is 0.523 e. The van der Waals surface area contributed by atoms with E-state index in [0.29, 0.717) is 12.8 Å². The second-order valence-corrected chi connectivity index (χ2v) is 8.11. The lowest BCUT2D eigenvalue weighted by Crippen LogP contribution is -2.36. The van der Waals surface area contributed by atoms with E-state index in [-0.39, 0.29) is 6.42 Å². The van der Waals surface area contributed by atoms with Crippen LogP contribution in [-0.2, 0) is 28.6 Å². The van der Waals surface area contributed by atoms with Gasteiger partial charge in [0.15, 0.2) is 6.29 Å². The van der Waals surface area contributed by atoms with E-state index in [1.165, 1.54) is 0 Å². The Hall–Kier alpha value is -0.600. The number of rotatable bonds is 11. The van der Waals surface area contributed by atoms with Gasteiger partial charge in [-0.1, -0.05) is 39.0 Å². The van der Waals surface area contributed by atoms with Crippen molar-refractivity contribution in [2.45, 2.75) is 69.2 Å². The molecule has 0 fully saturated rings. The van der Waals surface area contributed by atoms with Crippen molar-refractivity contribution in [1.29, 1.82) is 0 Å². The Morgan fingerprint density at radius 1 is 0.720 bits per heavy atom. The predicted molar refractivity (Wildman–Crippen MR) is 73.9 cm³/mol. The average Bonchev–Trinajstić information content (AvgIpc) is 2.39. The van der Waals surface area contributed by atoms with Crippen molar-refractivity contribution in [2.75, 3.05) is 0 Å². The van der Waals surface area contributed by atoms with E-state index in [1.54, 1.807) is 0 Å². The van der Waals surface area contributed by atoms with Crippen LogP contribution in [0.1, 0.15) is 51.9 Å². The van der Waals surface area contributed by atoms with Crippen molar-refractivity contribution >= 4 is 20.2 Å². The van der Waals surface area contributed by atoms with Crippen LogP contribution in [0, 0.1) is 0 Å². The first-order chi connectivity index (χ1) is 11.1. The van der Waals surface area contributed by atoms with E-state index < -0.39 is 44.0 Å². The van der Waals surface area contributed by atoms with Crippen LogP contribution >= 0.6 is 0 Å². The minimum Gasteiger partial charge on any atom is -0.230 e. The van der Waals surface area contributed by atoms with Gasteiger partial charge in [-0.3, -0.25) is 0 Å². The molecule has 0 unspecified atom stereocenters. The lowest BCUT2D eigenvalue weighted by molar-refractivity contribution is -0.0878. The highest BCUT2D eigenvalue weighted by Crippen LogP contribution is 2.31. The van der Waals surface area contributed by atoms with Crippen molar-refractivity contribution < 1.29 is 51.5 Å². The van der Waals surface area contributed by atoms with Gasteiger partial charge < -0.3 is 0 Å². The van der Waals surface area contributed by atoms with Crippen LogP contribution in [0.25, 0.3) is 0 Å². The minimum atomic E-state index is -6.32. The van der Waals surface area contributed by atoms with Gasteiger partial charge in [-0.25, -0.2) is 8.37 Å². The average molecular weight is 424 g/mol. The van der Waals surface area contributed by atoms with E-state index in [4.69, 9.17) is 0 Å². The van der Waals surface area contributed by atoms with Crippen molar-refractivity contribution in [3.8, 4) is 0 Å². The maximum absolute atomic E-state index is 12.2. The molecule has 0 radical (unpaired) electrons. The molecule has 0 aliphatic carbocycles. The maximum atomic E-state index is 12.2. The summed E-state index contributed by atoms with van der Waals surface area (Å²) in [5.74, 6) is 0. The van der Waals surface area contributed by atoms with E-state index >= 15 is 0 Å². The summed E-state index contributed by atoms with van der Waals surface area (Å²) < 4.78 is 124. The number of unbranched alkanes of at least 4 members (excludes halogenated alkanes) is 5. The van der Waals surface area contributed by atoms with Gasteiger partial charge in [0.05, 0.1) is 0 Å². The second-order valence-electron chi connectivity index (χ2n) is 4.98. The van der Waals surface area contributed by atoms with Gasteiger partial charge in [-0.05, 0) is 6.42 Å². The summed E-state index contributed by atoms with van der Waals surface area (Å²) in [6.07, 6.45) is -0.218. The zero-order chi connectivity index (χ0) is 19.9. The van der Waals surface area contributed by atoms with Gasteiger partial charge in [0, 0.05) is 6.42 Å². The molecule has 25 heavy (non-hydrogen) atoms. The molecule has 6 nitrogen and oxygen atoms in total. The summed E-state index contributed by atoms with van der Waals surface area (Å²) >= 11 is 0. The summed E-state index contributed by atoms with van der Waals surface area (Å²) in [5.41, 5.74) is -11.9. The Morgan fingerprint density at radius 3 is 1.44 bits per heavy atom. The molecule has 0 saturated carbocycles. The van der Waals surface area contributed by atoms with Gasteiger partial charge in [0.25, 0.3) is 0 Å². The number of alkyl halides is 6. The topological polar surface area (TPSA) is 86.7 Å². The third-order valence-corrected chi connectivity index (χ3v) is 4.90. The Morgan fingerprint density at radius 2 is 1.08 bits per heavy atom. The van der Waals surface area contributed by atoms with Gasteiger partial charge in [-0.2, -0.15) is 43.2 Å².